The maximum Gasteiger partial charge on any atom is 0.0641 e. The molecule has 12 heavy (non-hydrogen) atoms. The third-order valence-electron chi connectivity index (χ3n) is 3.76. The van der Waals surface area contributed by atoms with E-state index in [0.29, 0.717) is 18.4 Å². The lowest BCUT2D eigenvalue weighted by Crippen LogP contribution is -2.05. The van der Waals surface area contributed by atoms with Crippen LogP contribution in [0.1, 0.15) is 19.8 Å². The van der Waals surface area contributed by atoms with Gasteiger partial charge < -0.3 is 10.2 Å². The van der Waals surface area contributed by atoms with Gasteiger partial charge in [0.25, 0.3) is 0 Å². The summed E-state index contributed by atoms with van der Waals surface area (Å²) in [4.78, 5) is 0. The number of allylic oxidation sites excluding steroid dienone is 1. The normalized spacial score (nSPS) is 45.1. The number of hydrogen-bond acceptors (Lipinski definition) is 2. The van der Waals surface area contributed by atoms with E-state index in [1.807, 2.05) is 0 Å². The average Bonchev–Trinajstić information content (AvgIpc) is 2.73. The first kappa shape index (κ1) is 8.27. The zero-order chi connectivity index (χ0) is 8.77. The Labute approximate surface area is 72.9 Å². The van der Waals surface area contributed by atoms with Crippen LogP contribution in [0.3, 0.4) is 0 Å². The molecule has 0 aromatic heterocycles. The molecule has 2 rings (SSSR count). The largest absolute Gasteiger partial charge is 0.396 e. The number of rotatable bonds is 2. The van der Waals surface area contributed by atoms with Crippen LogP contribution in [0.25, 0.3) is 0 Å². The zero-order valence-corrected chi connectivity index (χ0v) is 7.45. The molecule has 2 nitrogen and oxygen atoms in total. The predicted octanol–water partition coefficient (Wildman–Crippen LogP) is 0.944. The topological polar surface area (TPSA) is 40.5 Å². The molecule has 3 atom stereocenters. The van der Waals surface area contributed by atoms with E-state index in [1.165, 1.54) is 0 Å². The lowest BCUT2D eigenvalue weighted by molar-refractivity contribution is 0.203. The highest BCUT2D eigenvalue weighted by Gasteiger charge is 2.60. The maximum atomic E-state index is 9.17. The SMILES string of the molecule is CC1(CO)C2CC=C(CO)CC21. The molecule has 0 heterocycles. The van der Waals surface area contributed by atoms with Crippen LogP contribution in [0.5, 0.6) is 0 Å². The van der Waals surface area contributed by atoms with Crippen LogP contribution < -0.4 is 0 Å². The molecule has 2 aliphatic rings. The summed E-state index contributed by atoms with van der Waals surface area (Å²) in [5, 5.41) is 18.1. The number of fused-ring (bicyclic) bond motifs is 1. The van der Waals surface area contributed by atoms with Gasteiger partial charge in [0.15, 0.2) is 0 Å². The minimum absolute atomic E-state index is 0.160. The van der Waals surface area contributed by atoms with Gasteiger partial charge in [-0.2, -0.15) is 0 Å². The van der Waals surface area contributed by atoms with Gasteiger partial charge in [0.1, 0.15) is 0 Å². The summed E-state index contributed by atoms with van der Waals surface area (Å²) in [6, 6.07) is 0. The molecule has 2 heteroatoms. The van der Waals surface area contributed by atoms with E-state index >= 15 is 0 Å². The Bertz CT molecular complexity index is 222. The first-order valence-corrected chi connectivity index (χ1v) is 4.62. The highest BCUT2D eigenvalue weighted by Crippen LogP contribution is 2.64. The molecule has 0 aromatic rings. The van der Waals surface area contributed by atoms with Crippen molar-refractivity contribution in [1.82, 2.24) is 0 Å². The van der Waals surface area contributed by atoms with Crippen molar-refractivity contribution < 1.29 is 10.2 Å². The molecule has 1 fully saturated rings. The van der Waals surface area contributed by atoms with Crippen molar-refractivity contribution >= 4 is 0 Å². The van der Waals surface area contributed by atoms with Crippen molar-refractivity contribution in [3.63, 3.8) is 0 Å². The molecule has 3 unspecified atom stereocenters. The number of aliphatic hydroxyl groups is 2. The van der Waals surface area contributed by atoms with Crippen LogP contribution in [-0.2, 0) is 0 Å². The molecular weight excluding hydrogens is 152 g/mol. The Morgan fingerprint density at radius 3 is 2.83 bits per heavy atom. The molecule has 0 aliphatic heterocycles. The van der Waals surface area contributed by atoms with E-state index in [-0.39, 0.29) is 12.0 Å². The van der Waals surface area contributed by atoms with E-state index in [4.69, 9.17) is 10.2 Å². The van der Waals surface area contributed by atoms with Crippen molar-refractivity contribution in [2.45, 2.75) is 19.8 Å². The van der Waals surface area contributed by atoms with Gasteiger partial charge in [-0.3, -0.25) is 0 Å². The fraction of sp³-hybridized carbons (Fsp3) is 0.800. The van der Waals surface area contributed by atoms with Crippen molar-refractivity contribution in [2.24, 2.45) is 17.3 Å². The summed E-state index contributed by atoms with van der Waals surface area (Å²) < 4.78 is 0. The molecule has 2 N–H and O–H groups in total. The van der Waals surface area contributed by atoms with E-state index in [9.17, 15) is 0 Å². The Balaban J connectivity index is 2.04. The molecule has 0 aromatic carbocycles. The summed E-state index contributed by atoms with van der Waals surface area (Å²) >= 11 is 0. The molecule has 68 valence electrons. The second kappa shape index (κ2) is 2.57. The predicted molar refractivity (Wildman–Crippen MR) is 46.6 cm³/mol. The second-order valence-electron chi connectivity index (χ2n) is 4.34. The standard InChI is InChI=1S/C10H16O2/c1-10(6-12)8-3-2-7(5-11)4-9(8)10/h2,8-9,11-12H,3-6H2,1H3. The Hall–Kier alpha value is -0.340. The van der Waals surface area contributed by atoms with E-state index in [2.05, 4.69) is 13.0 Å². The van der Waals surface area contributed by atoms with Gasteiger partial charge in [-0.25, -0.2) is 0 Å². The number of hydrogen-bond donors (Lipinski definition) is 2. The molecular formula is C10H16O2. The molecule has 0 amide bonds. The summed E-state index contributed by atoms with van der Waals surface area (Å²) in [6.45, 7) is 2.65. The molecule has 2 aliphatic carbocycles. The van der Waals surface area contributed by atoms with E-state index < -0.39 is 0 Å². The molecule has 1 saturated carbocycles. The van der Waals surface area contributed by atoms with Gasteiger partial charge in [0.2, 0.25) is 0 Å². The van der Waals surface area contributed by atoms with Gasteiger partial charge in [-0.05, 0) is 35.7 Å². The average molecular weight is 168 g/mol. The van der Waals surface area contributed by atoms with E-state index in [0.717, 1.165) is 18.4 Å². The lowest BCUT2D eigenvalue weighted by atomic mass is 10.0. The molecule has 0 radical (unpaired) electrons. The van der Waals surface area contributed by atoms with Crippen molar-refractivity contribution in [3.05, 3.63) is 11.6 Å². The Morgan fingerprint density at radius 2 is 2.25 bits per heavy atom. The van der Waals surface area contributed by atoms with Crippen LogP contribution in [-0.4, -0.2) is 23.4 Å². The van der Waals surface area contributed by atoms with Gasteiger partial charge in [-0.1, -0.05) is 13.0 Å². The summed E-state index contributed by atoms with van der Waals surface area (Å²) in [7, 11) is 0. The van der Waals surface area contributed by atoms with Gasteiger partial charge in [-0.15, -0.1) is 0 Å². The molecule has 0 saturated heterocycles. The monoisotopic (exact) mass is 168 g/mol. The maximum absolute atomic E-state index is 9.17. The summed E-state index contributed by atoms with van der Waals surface area (Å²) in [6.07, 6.45) is 4.19. The highest BCUT2D eigenvalue weighted by atomic mass is 16.3. The third kappa shape index (κ3) is 0.947. The quantitative estimate of drug-likeness (QED) is 0.602. The fourth-order valence-corrected chi connectivity index (χ4v) is 2.60. The summed E-state index contributed by atoms with van der Waals surface area (Å²) in [5.74, 6) is 1.31. The minimum atomic E-state index is 0.160. The fourth-order valence-electron chi connectivity index (χ4n) is 2.60. The molecule has 0 spiro atoms. The van der Waals surface area contributed by atoms with Crippen LogP contribution >= 0.6 is 0 Å². The Morgan fingerprint density at radius 1 is 1.50 bits per heavy atom. The van der Waals surface area contributed by atoms with Crippen LogP contribution in [0.15, 0.2) is 11.6 Å². The number of aliphatic hydroxyl groups excluding tert-OH is 2. The lowest BCUT2D eigenvalue weighted by Gasteiger charge is -2.08. The summed E-state index contributed by atoms with van der Waals surface area (Å²) in [5.41, 5.74) is 1.32. The van der Waals surface area contributed by atoms with Crippen molar-refractivity contribution in [1.29, 1.82) is 0 Å². The minimum Gasteiger partial charge on any atom is -0.396 e. The Kier molecular flexibility index (Phi) is 1.77. The molecule has 0 bridgehead atoms. The van der Waals surface area contributed by atoms with Crippen LogP contribution in [0.2, 0.25) is 0 Å². The highest BCUT2D eigenvalue weighted by molar-refractivity contribution is 5.21. The van der Waals surface area contributed by atoms with Crippen LogP contribution in [0, 0.1) is 17.3 Å². The smallest absolute Gasteiger partial charge is 0.0641 e. The van der Waals surface area contributed by atoms with Crippen LogP contribution in [0.4, 0.5) is 0 Å². The first-order valence-electron chi connectivity index (χ1n) is 4.62. The van der Waals surface area contributed by atoms with Gasteiger partial charge in [0, 0.05) is 6.61 Å². The van der Waals surface area contributed by atoms with Gasteiger partial charge >= 0.3 is 0 Å². The first-order chi connectivity index (χ1) is 5.72. The second-order valence-corrected chi connectivity index (χ2v) is 4.34. The van der Waals surface area contributed by atoms with Crippen molar-refractivity contribution in [3.8, 4) is 0 Å². The van der Waals surface area contributed by atoms with Crippen molar-refractivity contribution in [2.75, 3.05) is 13.2 Å². The van der Waals surface area contributed by atoms with Gasteiger partial charge in [0.05, 0.1) is 6.61 Å². The zero-order valence-electron chi connectivity index (χ0n) is 7.45. The van der Waals surface area contributed by atoms with E-state index in [1.54, 1.807) is 0 Å². The third-order valence-corrected chi connectivity index (χ3v) is 3.76.